The quantitative estimate of drug-likeness (QED) is 0.256. The molecule has 4 rings (SSSR count). The highest BCUT2D eigenvalue weighted by Gasteiger charge is 2.39. The van der Waals surface area contributed by atoms with Crippen LogP contribution in [0, 0.1) is 0 Å². The minimum absolute atomic E-state index is 0.114. The van der Waals surface area contributed by atoms with Gasteiger partial charge in [-0.3, -0.25) is 14.4 Å². The van der Waals surface area contributed by atoms with Crippen molar-refractivity contribution in [2.45, 2.75) is 20.0 Å². The van der Waals surface area contributed by atoms with E-state index < -0.39 is 23.7 Å². The Labute approximate surface area is 233 Å². The summed E-state index contributed by atoms with van der Waals surface area (Å²) >= 11 is 18.3. The molecule has 3 amide bonds. The van der Waals surface area contributed by atoms with Crippen molar-refractivity contribution < 1.29 is 23.9 Å². The molecule has 1 aliphatic rings. The Morgan fingerprint density at radius 3 is 2.21 bits per heavy atom. The van der Waals surface area contributed by atoms with Gasteiger partial charge in [0.25, 0.3) is 17.7 Å². The third-order valence-electron chi connectivity index (χ3n) is 5.29. The van der Waals surface area contributed by atoms with Crippen LogP contribution in [0.4, 0.5) is 17.1 Å². The van der Waals surface area contributed by atoms with Crippen LogP contribution in [0.25, 0.3) is 0 Å². The Morgan fingerprint density at radius 1 is 0.842 bits per heavy atom. The molecule has 0 unspecified atom stereocenters. The van der Waals surface area contributed by atoms with Crippen molar-refractivity contribution >= 4 is 75.6 Å². The maximum Gasteiger partial charge on any atom is 0.338 e. The fourth-order valence-corrected chi connectivity index (χ4v) is 4.26. The number of imide groups is 1. The van der Waals surface area contributed by atoms with Crippen molar-refractivity contribution in [2.75, 3.05) is 15.5 Å². The molecule has 0 spiro atoms. The van der Waals surface area contributed by atoms with E-state index in [1.54, 1.807) is 44.2 Å². The van der Waals surface area contributed by atoms with Crippen LogP contribution in [0.3, 0.4) is 0 Å². The molecule has 1 heterocycles. The first-order valence-corrected chi connectivity index (χ1v) is 12.4. The van der Waals surface area contributed by atoms with Gasteiger partial charge in [0.2, 0.25) is 0 Å². The van der Waals surface area contributed by atoms with Crippen molar-refractivity contribution in [3.63, 3.8) is 0 Å². The Bertz CT molecular complexity index is 1490. The van der Waals surface area contributed by atoms with Gasteiger partial charge in [-0.25, -0.2) is 9.69 Å². The Kier molecular flexibility index (Phi) is 8.06. The third kappa shape index (κ3) is 5.83. The maximum absolute atomic E-state index is 13.0. The predicted octanol–water partition coefficient (Wildman–Crippen LogP) is 6.25. The molecule has 3 aromatic carbocycles. The van der Waals surface area contributed by atoms with Crippen LogP contribution in [0.15, 0.2) is 77.5 Å². The van der Waals surface area contributed by atoms with E-state index in [1.165, 1.54) is 36.4 Å². The molecular formula is C27H20Cl3N3O5. The van der Waals surface area contributed by atoms with Crippen LogP contribution in [0.1, 0.15) is 34.6 Å². The average Bonchev–Trinajstić information content (AvgIpc) is 3.07. The largest absolute Gasteiger partial charge is 0.459 e. The molecule has 0 aromatic heterocycles. The minimum Gasteiger partial charge on any atom is -0.459 e. The Balaban J connectivity index is 1.45. The van der Waals surface area contributed by atoms with E-state index in [0.29, 0.717) is 27.5 Å². The maximum atomic E-state index is 13.0. The lowest BCUT2D eigenvalue weighted by Crippen LogP contribution is -2.32. The lowest BCUT2D eigenvalue weighted by atomic mass is 10.1. The highest BCUT2D eigenvalue weighted by Crippen LogP contribution is 2.35. The zero-order valence-electron chi connectivity index (χ0n) is 20.1. The van der Waals surface area contributed by atoms with E-state index in [1.807, 2.05) is 0 Å². The van der Waals surface area contributed by atoms with E-state index in [2.05, 4.69) is 10.6 Å². The van der Waals surface area contributed by atoms with Gasteiger partial charge in [-0.1, -0.05) is 40.9 Å². The fraction of sp³-hybridized carbons (Fsp3) is 0.111. The highest BCUT2D eigenvalue weighted by atomic mass is 35.5. The number of nitrogens with one attached hydrogen (secondary N) is 2. The van der Waals surface area contributed by atoms with E-state index in [-0.39, 0.29) is 27.5 Å². The topological polar surface area (TPSA) is 105 Å². The van der Waals surface area contributed by atoms with E-state index in [9.17, 15) is 19.2 Å². The van der Waals surface area contributed by atoms with Gasteiger partial charge >= 0.3 is 5.97 Å². The van der Waals surface area contributed by atoms with Gasteiger partial charge in [-0.2, -0.15) is 0 Å². The number of rotatable bonds is 7. The number of carbonyl (C=O) groups excluding carboxylic acids is 4. The molecule has 0 saturated carbocycles. The highest BCUT2D eigenvalue weighted by molar-refractivity contribution is 6.54. The molecule has 0 saturated heterocycles. The number of carbonyl (C=O) groups is 4. The molecule has 194 valence electrons. The van der Waals surface area contributed by atoms with Crippen LogP contribution in [-0.2, 0) is 14.3 Å². The summed E-state index contributed by atoms with van der Waals surface area (Å²) in [4.78, 5) is 51.4. The molecule has 0 atom stereocenters. The summed E-state index contributed by atoms with van der Waals surface area (Å²) in [5.74, 6) is -2.34. The summed E-state index contributed by atoms with van der Waals surface area (Å²) in [6, 6.07) is 16.9. The molecule has 8 nitrogen and oxygen atoms in total. The standard InChI is InChI=1S/C27H20Cl3N3O5/c1-14(2)38-27(37)16-4-3-5-19(12-16)32-24(34)15-6-9-18(10-7-15)31-23-22(30)25(35)33(26(23)36)21-11-8-17(28)13-20(21)29/h3-14,31H,1-2H3,(H,32,34). The first-order chi connectivity index (χ1) is 18.0. The van der Waals surface area contributed by atoms with Gasteiger partial charge in [0.15, 0.2) is 0 Å². The number of ether oxygens (including phenoxy) is 1. The van der Waals surface area contributed by atoms with Gasteiger partial charge in [0.1, 0.15) is 10.7 Å². The van der Waals surface area contributed by atoms with Crippen LogP contribution >= 0.6 is 34.8 Å². The van der Waals surface area contributed by atoms with E-state index >= 15 is 0 Å². The fourth-order valence-electron chi connectivity index (χ4n) is 3.55. The molecule has 0 fully saturated rings. The van der Waals surface area contributed by atoms with Crippen LogP contribution in [-0.4, -0.2) is 29.8 Å². The lowest BCUT2D eigenvalue weighted by Gasteiger charge is -2.16. The SMILES string of the molecule is CC(C)OC(=O)c1cccc(NC(=O)c2ccc(NC3=C(Cl)C(=O)N(c4ccc(Cl)cc4Cl)C3=O)cc2)c1. The van der Waals surface area contributed by atoms with Crippen molar-refractivity contribution in [3.05, 3.63) is 98.6 Å². The van der Waals surface area contributed by atoms with Gasteiger partial charge in [-0.05, 0) is 74.5 Å². The summed E-state index contributed by atoms with van der Waals surface area (Å²) in [5, 5.41) is 5.72. The second-order valence-electron chi connectivity index (χ2n) is 8.42. The molecule has 2 N–H and O–H groups in total. The number of hydrogen-bond acceptors (Lipinski definition) is 6. The molecule has 1 aliphatic heterocycles. The van der Waals surface area contributed by atoms with Crippen molar-refractivity contribution in [1.82, 2.24) is 0 Å². The molecule has 38 heavy (non-hydrogen) atoms. The molecular weight excluding hydrogens is 553 g/mol. The smallest absolute Gasteiger partial charge is 0.338 e. The van der Waals surface area contributed by atoms with Gasteiger partial charge in [0.05, 0.1) is 22.4 Å². The zero-order valence-corrected chi connectivity index (χ0v) is 22.3. The van der Waals surface area contributed by atoms with E-state index in [4.69, 9.17) is 39.5 Å². The van der Waals surface area contributed by atoms with Crippen LogP contribution in [0.2, 0.25) is 10.0 Å². The predicted molar refractivity (Wildman–Crippen MR) is 147 cm³/mol. The van der Waals surface area contributed by atoms with Gasteiger partial charge in [-0.15, -0.1) is 0 Å². The second kappa shape index (κ2) is 11.3. The number of benzene rings is 3. The summed E-state index contributed by atoms with van der Waals surface area (Å²) < 4.78 is 5.18. The number of nitrogens with zero attached hydrogens (tertiary/aromatic N) is 1. The average molecular weight is 573 g/mol. The minimum atomic E-state index is -0.737. The van der Waals surface area contributed by atoms with Crippen LogP contribution < -0.4 is 15.5 Å². The second-order valence-corrected chi connectivity index (χ2v) is 9.64. The van der Waals surface area contributed by atoms with Gasteiger partial charge < -0.3 is 15.4 Å². The summed E-state index contributed by atoms with van der Waals surface area (Å²) in [6.45, 7) is 3.50. The monoisotopic (exact) mass is 571 g/mol. The normalized spacial score (nSPS) is 13.3. The number of hydrogen-bond donors (Lipinski definition) is 2. The first-order valence-electron chi connectivity index (χ1n) is 11.3. The van der Waals surface area contributed by atoms with Crippen molar-refractivity contribution in [1.29, 1.82) is 0 Å². The number of halogens is 3. The van der Waals surface area contributed by atoms with Gasteiger partial charge in [0, 0.05) is 22.0 Å². The van der Waals surface area contributed by atoms with Crippen molar-refractivity contribution in [2.24, 2.45) is 0 Å². The summed E-state index contributed by atoms with van der Waals surface area (Å²) in [7, 11) is 0. The molecule has 0 aliphatic carbocycles. The third-order valence-corrected chi connectivity index (χ3v) is 6.18. The van der Waals surface area contributed by atoms with Crippen LogP contribution in [0.5, 0.6) is 0 Å². The Hall–Kier alpha value is -3.85. The lowest BCUT2D eigenvalue weighted by molar-refractivity contribution is -0.120. The first kappa shape index (κ1) is 27.2. The summed E-state index contributed by atoms with van der Waals surface area (Å²) in [6.07, 6.45) is -0.269. The number of anilines is 3. The molecule has 0 bridgehead atoms. The molecule has 3 aromatic rings. The molecule has 0 radical (unpaired) electrons. The molecule has 11 heteroatoms. The van der Waals surface area contributed by atoms with E-state index in [0.717, 1.165) is 4.90 Å². The summed E-state index contributed by atoms with van der Waals surface area (Å²) in [5.41, 5.74) is 1.47. The number of esters is 1. The Morgan fingerprint density at radius 2 is 1.55 bits per heavy atom. The zero-order chi connectivity index (χ0) is 27.6. The van der Waals surface area contributed by atoms with Crippen molar-refractivity contribution in [3.8, 4) is 0 Å². The number of amides is 3.